The smallest absolute Gasteiger partial charge is 0.132 e. The molecule has 1 aliphatic carbocycles. The Kier molecular flexibility index (Phi) is 2.29. The highest BCUT2D eigenvalue weighted by molar-refractivity contribution is 5.30. The van der Waals surface area contributed by atoms with E-state index < -0.39 is 0 Å². The SMILES string of the molecule is NOCc1cccc(C2CC2)c1F. The maximum absolute atomic E-state index is 13.6. The molecule has 1 aromatic carbocycles. The van der Waals surface area contributed by atoms with Crippen LogP contribution in [-0.4, -0.2) is 0 Å². The average Bonchev–Trinajstić information content (AvgIpc) is 2.92. The van der Waals surface area contributed by atoms with Crippen molar-refractivity contribution < 1.29 is 9.23 Å². The van der Waals surface area contributed by atoms with E-state index in [4.69, 9.17) is 5.90 Å². The van der Waals surface area contributed by atoms with Crippen molar-refractivity contribution in [3.05, 3.63) is 35.1 Å². The summed E-state index contributed by atoms with van der Waals surface area (Å²) < 4.78 is 13.6. The molecular formula is C10H12FNO. The van der Waals surface area contributed by atoms with Crippen molar-refractivity contribution in [3.63, 3.8) is 0 Å². The maximum atomic E-state index is 13.6. The molecule has 3 heteroatoms. The molecule has 0 atom stereocenters. The second kappa shape index (κ2) is 3.44. The molecule has 1 saturated carbocycles. The van der Waals surface area contributed by atoms with Crippen molar-refractivity contribution in [1.82, 2.24) is 0 Å². The zero-order valence-electron chi connectivity index (χ0n) is 7.29. The summed E-state index contributed by atoms with van der Waals surface area (Å²) in [5.74, 6) is 5.19. The van der Waals surface area contributed by atoms with Gasteiger partial charge in [0.2, 0.25) is 0 Å². The van der Waals surface area contributed by atoms with Gasteiger partial charge in [0.15, 0.2) is 0 Å². The highest BCUT2D eigenvalue weighted by Gasteiger charge is 2.27. The van der Waals surface area contributed by atoms with Crippen LogP contribution in [0, 0.1) is 5.82 Å². The van der Waals surface area contributed by atoms with Gasteiger partial charge in [-0.05, 0) is 24.3 Å². The molecule has 0 unspecified atom stereocenters. The molecule has 2 nitrogen and oxygen atoms in total. The van der Waals surface area contributed by atoms with E-state index in [1.54, 1.807) is 6.07 Å². The molecular weight excluding hydrogens is 169 g/mol. The third-order valence-corrected chi connectivity index (χ3v) is 2.36. The van der Waals surface area contributed by atoms with Gasteiger partial charge in [-0.3, -0.25) is 4.84 Å². The quantitative estimate of drug-likeness (QED) is 0.725. The molecule has 1 aliphatic rings. The van der Waals surface area contributed by atoms with Crippen molar-refractivity contribution in [1.29, 1.82) is 0 Å². The molecule has 0 aliphatic heterocycles. The molecule has 0 bridgehead atoms. The summed E-state index contributed by atoms with van der Waals surface area (Å²) >= 11 is 0. The summed E-state index contributed by atoms with van der Waals surface area (Å²) in [4.78, 5) is 4.42. The third kappa shape index (κ3) is 1.71. The maximum Gasteiger partial charge on any atom is 0.132 e. The van der Waals surface area contributed by atoms with Gasteiger partial charge < -0.3 is 0 Å². The zero-order valence-corrected chi connectivity index (χ0v) is 7.29. The van der Waals surface area contributed by atoms with Gasteiger partial charge in [-0.2, -0.15) is 0 Å². The summed E-state index contributed by atoms with van der Waals surface area (Å²) in [7, 11) is 0. The van der Waals surface area contributed by atoms with Crippen molar-refractivity contribution in [3.8, 4) is 0 Å². The van der Waals surface area contributed by atoms with E-state index in [1.165, 1.54) is 0 Å². The Morgan fingerprint density at radius 3 is 2.85 bits per heavy atom. The van der Waals surface area contributed by atoms with Crippen LogP contribution in [-0.2, 0) is 11.4 Å². The first-order valence-electron chi connectivity index (χ1n) is 4.42. The molecule has 1 aromatic rings. The topological polar surface area (TPSA) is 35.2 Å². The van der Waals surface area contributed by atoms with Gasteiger partial charge in [0.25, 0.3) is 0 Å². The molecule has 2 N–H and O–H groups in total. The van der Waals surface area contributed by atoms with E-state index in [-0.39, 0.29) is 12.4 Å². The first-order valence-corrected chi connectivity index (χ1v) is 4.42. The molecule has 0 radical (unpaired) electrons. The van der Waals surface area contributed by atoms with E-state index in [0.29, 0.717) is 11.5 Å². The number of nitrogens with two attached hydrogens (primary N) is 1. The molecule has 0 aromatic heterocycles. The van der Waals surface area contributed by atoms with Crippen LogP contribution in [0.1, 0.15) is 29.9 Å². The molecule has 1 fully saturated rings. The van der Waals surface area contributed by atoms with Crippen LogP contribution in [0.3, 0.4) is 0 Å². The van der Waals surface area contributed by atoms with Crippen LogP contribution in [0.15, 0.2) is 18.2 Å². The van der Waals surface area contributed by atoms with E-state index >= 15 is 0 Å². The van der Waals surface area contributed by atoms with E-state index in [1.807, 2.05) is 12.1 Å². The Hall–Kier alpha value is -0.930. The molecule has 0 spiro atoms. The lowest BCUT2D eigenvalue weighted by molar-refractivity contribution is 0.121. The fraction of sp³-hybridized carbons (Fsp3) is 0.400. The molecule has 0 heterocycles. The Balaban J connectivity index is 2.30. The minimum atomic E-state index is -0.143. The fourth-order valence-electron chi connectivity index (χ4n) is 1.51. The Morgan fingerprint density at radius 1 is 1.46 bits per heavy atom. The first-order chi connectivity index (χ1) is 6.33. The van der Waals surface area contributed by atoms with Gasteiger partial charge >= 0.3 is 0 Å². The minimum Gasteiger partial charge on any atom is -0.300 e. The van der Waals surface area contributed by atoms with Crippen molar-refractivity contribution >= 4 is 0 Å². The van der Waals surface area contributed by atoms with Crippen LogP contribution in [0.4, 0.5) is 4.39 Å². The number of benzene rings is 1. The standard InChI is InChI=1S/C10H12FNO/c11-10-8(6-13-12)2-1-3-9(10)7-4-5-7/h1-3,7H,4-6,12H2. The molecule has 0 amide bonds. The second-order valence-electron chi connectivity index (χ2n) is 3.41. The average molecular weight is 181 g/mol. The molecule has 70 valence electrons. The minimum absolute atomic E-state index is 0.143. The van der Waals surface area contributed by atoms with Crippen LogP contribution in [0.2, 0.25) is 0 Å². The number of hydrogen-bond acceptors (Lipinski definition) is 2. The molecule has 0 saturated heterocycles. The van der Waals surface area contributed by atoms with Gasteiger partial charge in [-0.15, -0.1) is 0 Å². The summed E-state index contributed by atoms with van der Waals surface area (Å²) in [6.07, 6.45) is 2.20. The van der Waals surface area contributed by atoms with Crippen LogP contribution < -0.4 is 5.90 Å². The Labute approximate surface area is 76.5 Å². The van der Waals surface area contributed by atoms with E-state index in [9.17, 15) is 4.39 Å². The Bertz CT molecular complexity index is 310. The van der Waals surface area contributed by atoms with Gasteiger partial charge in [0, 0.05) is 5.56 Å². The lowest BCUT2D eigenvalue weighted by atomic mass is 10.1. The number of halogens is 1. The van der Waals surface area contributed by atoms with Crippen LogP contribution >= 0.6 is 0 Å². The lowest BCUT2D eigenvalue weighted by Crippen LogP contribution is -2.02. The lowest BCUT2D eigenvalue weighted by Gasteiger charge is -2.05. The first kappa shape index (κ1) is 8.66. The second-order valence-corrected chi connectivity index (χ2v) is 3.41. The van der Waals surface area contributed by atoms with Crippen molar-refractivity contribution in [2.24, 2.45) is 5.90 Å². The number of rotatable bonds is 3. The van der Waals surface area contributed by atoms with Crippen molar-refractivity contribution in [2.75, 3.05) is 0 Å². The van der Waals surface area contributed by atoms with Crippen LogP contribution in [0.25, 0.3) is 0 Å². The Morgan fingerprint density at radius 2 is 2.23 bits per heavy atom. The van der Waals surface area contributed by atoms with Gasteiger partial charge in [0.1, 0.15) is 5.82 Å². The van der Waals surface area contributed by atoms with Gasteiger partial charge in [0.05, 0.1) is 6.61 Å². The molecule has 13 heavy (non-hydrogen) atoms. The van der Waals surface area contributed by atoms with E-state index in [2.05, 4.69) is 4.84 Å². The fourth-order valence-corrected chi connectivity index (χ4v) is 1.51. The van der Waals surface area contributed by atoms with Gasteiger partial charge in [-0.1, -0.05) is 18.2 Å². The normalized spacial score (nSPS) is 16.2. The monoisotopic (exact) mass is 181 g/mol. The molecule has 2 rings (SSSR count). The van der Waals surface area contributed by atoms with E-state index in [0.717, 1.165) is 18.4 Å². The predicted octanol–water partition coefficient (Wildman–Crippen LogP) is 2.09. The predicted molar refractivity (Wildman–Crippen MR) is 47.4 cm³/mol. The summed E-state index contributed by atoms with van der Waals surface area (Å²) in [6.45, 7) is 0.145. The number of hydrogen-bond donors (Lipinski definition) is 1. The summed E-state index contributed by atoms with van der Waals surface area (Å²) in [5.41, 5.74) is 1.36. The highest BCUT2D eigenvalue weighted by atomic mass is 19.1. The third-order valence-electron chi connectivity index (χ3n) is 2.36. The van der Waals surface area contributed by atoms with Crippen molar-refractivity contribution in [2.45, 2.75) is 25.4 Å². The highest BCUT2D eigenvalue weighted by Crippen LogP contribution is 2.41. The largest absolute Gasteiger partial charge is 0.300 e. The zero-order chi connectivity index (χ0) is 9.26. The van der Waals surface area contributed by atoms with Crippen LogP contribution in [0.5, 0.6) is 0 Å². The summed E-state index contributed by atoms with van der Waals surface area (Å²) in [6, 6.07) is 5.40. The summed E-state index contributed by atoms with van der Waals surface area (Å²) in [5, 5.41) is 0. The van der Waals surface area contributed by atoms with Gasteiger partial charge in [-0.25, -0.2) is 10.3 Å².